The Morgan fingerprint density at radius 1 is 1.26 bits per heavy atom. The smallest absolute Gasteiger partial charge is 0.307 e. The van der Waals surface area contributed by atoms with Crippen molar-refractivity contribution in [2.24, 2.45) is 11.8 Å². The zero-order valence-electron chi connectivity index (χ0n) is 14.2. The van der Waals surface area contributed by atoms with Gasteiger partial charge in [0.1, 0.15) is 0 Å². The maximum Gasteiger partial charge on any atom is 0.307 e. The molecule has 0 amide bonds. The molecular weight excluding hydrogens is 294 g/mol. The number of aryl methyl sites for hydroxylation is 1. The molecule has 1 aliphatic heterocycles. The summed E-state index contributed by atoms with van der Waals surface area (Å²) in [4.78, 5) is 11.3. The van der Waals surface area contributed by atoms with Crippen molar-refractivity contribution in [1.29, 1.82) is 0 Å². The van der Waals surface area contributed by atoms with Gasteiger partial charge in [0.25, 0.3) is 0 Å². The first-order chi connectivity index (χ1) is 11.0. The van der Waals surface area contributed by atoms with E-state index >= 15 is 0 Å². The van der Waals surface area contributed by atoms with Gasteiger partial charge in [-0.15, -0.1) is 0 Å². The van der Waals surface area contributed by atoms with Gasteiger partial charge in [-0.05, 0) is 49.8 Å². The van der Waals surface area contributed by atoms with Gasteiger partial charge in [-0.1, -0.05) is 19.9 Å². The topological polar surface area (TPSA) is 67.8 Å². The zero-order chi connectivity index (χ0) is 16.8. The number of benzene rings is 1. The summed E-state index contributed by atoms with van der Waals surface area (Å²) in [5, 5.41) is 12.6. The van der Waals surface area contributed by atoms with Gasteiger partial charge in [0, 0.05) is 12.6 Å². The Bertz CT molecular complexity index is 530. The summed E-state index contributed by atoms with van der Waals surface area (Å²) in [6, 6.07) is 6.29. The number of hydrogen-bond donors (Lipinski definition) is 2. The summed E-state index contributed by atoms with van der Waals surface area (Å²) >= 11 is 0. The average molecular weight is 321 g/mol. The molecule has 0 aliphatic carbocycles. The number of carboxylic acids is 1. The Labute approximate surface area is 138 Å². The Morgan fingerprint density at radius 2 is 2.00 bits per heavy atom. The number of carbonyl (C=O) groups is 1. The average Bonchev–Trinajstić information content (AvgIpc) is 2.96. The van der Waals surface area contributed by atoms with Gasteiger partial charge >= 0.3 is 5.97 Å². The molecule has 5 heteroatoms. The molecule has 0 saturated carbocycles. The van der Waals surface area contributed by atoms with Gasteiger partial charge in [0.2, 0.25) is 6.79 Å². The van der Waals surface area contributed by atoms with Crippen molar-refractivity contribution < 1.29 is 19.4 Å². The normalized spacial score (nSPS) is 15.7. The first-order valence-electron chi connectivity index (χ1n) is 8.30. The second kappa shape index (κ2) is 8.20. The monoisotopic (exact) mass is 321 g/mol. The third kappa shape index (κ3) is 5.43. The summed E-state index contributed by atoms with van der Waals surface area (Å²) in [7, 11) is 0. The molecule has 0 radical (unpaired) electrons. The lowest BCUT2D eigenvalue weighted by atomic mass is 9.96. The molecule has 2 rings (SSSR count). The molecule has 1 aliphatic rings. The van der Waals surface area contributed by atoms with Gasteiger partial charge in [-0.2, -0.15) is 0 Å². The fourth-order valence-electron chi connectivity index (χ4n) is 2.77. The Kier molecular flexibility index (Phi) is 6.28. The van der Waals surface area contributed by atoms with Gasteiger partial charge in [0.05, 0.1) is 5.92 Å². The van der Waals surface area contributed by atoms with E-state index in [0.717, 1.165) is 24.3 Å². The summed E-state index contributed by atoms with van der Waals surface area (Å²) in [5.74, 6) is 0.975. The summed E-state index contributed by atoms with van der Waals surface area (Å²) in [6.07, 6.45) is 2.58. The van der Waals surface area contributed by atoms with Crippen LogP contribution in [-0.4, -0.2) is 30.5 Å². The second-order valence-electron chi connectivity index (χ2n) is 6.70. The molecule has 0 bridgehead atoms. The molecule has 5 nitrogen and oxygen atoms in total. The molecule has 23 heavy (non-hydrogen) atoms. The highest BCUT2D eigenvalue weighted by atomic mass is 16.7. The van der Waals surface area contributed by atoms with E-state index in [1.54, 1.807) is 0 Å². The molecule has 0 spiro atoms. The molecule has 2 atom stereocenters. The second-order valence-corrected chi connectivity index (χ2v) is 6.70. The Morgan fingerprint density at radius 3 is 2.70 bits per heavy atom. The van der Waals surface area contributed by atoms with Crippen molar-refractivity contribution in [3.63, 3.8) is 0 Å². The van der Waals surface area contributed by atoms with Crippen LogP contribution in [0.4, 0.5) is 0 Å². The number of ether oxygens (including phenoxy) is 2. The molecule has 1 aromatic carbocycles. The van der Waals surface area contributed by atoms with Gasteiger partial charge in [-0.25, -0.2) is 0 Å². The van der Waals surface area contributed by atoms with Crippen LogP contribution in [0.3, 0.4) is 0 Å². The van der Waals surface area contributed by atoms with Crippen LogP contribution in [0.1, 0.15) is 39.2 Å². The SMILES string of the molecule is CC(C)CC(CNC(C)CCc1ccc2c(c1)OCO2)C(=O)O. The van der Waals surface area contributed by atoms with E-state index in [-0.39, 0.29) is 12.0 Å². The quantitative estimate of drug-likeness (QED) is 0.731. The third-order valence-corrected chi connectivity index (χ3v) is 4.12. The third-order valence-electron chi connectivity index (χ3n) is 4.12. The molecule has 1 aromatic rings. The van der Waals surface area contributed by atoms with Crippen molar-refractivity contribution in [3.8, 4) is 11.5 Å². The molecule has 0 aromatic heterocycles. The molecule has 2 N–H and O–H groups in total. The first-order valence-corrected chi connectivity index (χ1v) is 8.30. The molecule has 0 fully saturated rings. The number of nitrogens with one attached hydrogen (secondary N) is 1. The van der Waals surface area contributed by atoms with E-state index in [1.807, 2.05) is 12.1 Å². The van der Waals surface area contributed by atoms with Crippen molar-refractivity contribution in [2.45, 2.75) is 46.1 Å². The van der Waals surface area contributed by atoms with Crippen molar-refractivity contribution in [1.82, 2.24) is 5.32 Å². The number of aliphatic carboxylic acids is 1. The number of hydrogen-bond acceptors (Lipinski definition) is 4. The van der Waals surface area contributed by atoms with Crippen LogP contribution in [0.15, 0.2) is 18.2 Å². The van der Waals surface area contributed by atoms with Gasteiger partial charge in [-0.3, -0.25) is 4.79 Å². The van der Waals surface area contributed by atoms with Crippen molar-refractivity contribution >= 4 is 5.97 Å². The van der Waals surface area contributed by atoms with Crippen LogP contribution >= 0.6 is 0 Å². The predicted molar refractivity (Wildman–Crippen MR) is 88.9 cm³/mol. The van der Waals surface area contributed by atoms with Crippen LogP contribution in [0, 0.1) is 11.8 Å². The lowest BCUT2D eigenvalue weighted by molar-refractivity contribution is -0.142. The highest BCUT2D eigenvalue weighted by Crippen LogP contribution is 2.32. The molecule has 2 unspecified atom stereocenters. The maximum absolute atomic E-state index is 11.3. The minimum Gasteiger partial charge on any atom is -0.481 e. The lowest BCUT2D eigenvalue weighted by Crippen LogP contribution is -2.35. The molecule has 0 saturated heterocycles. The van der Waals surface area contributed by atoms with E-state index in [0.29, 0.717) is 25.7 Å². The Hall–Kier alpha value is -1.75. The predicted octanol–water partition coefficient (Wildman–Crippen LogP) is 3.07. The largest absolute Gasteiger partial charge is 0.481 e. The molecule has 128 valence electrons. The van der Waals surface area contributed by atoms with E-state index in [4.69, 9.17) is 9.47 Å². The number of fused-ring (bicyclic) bond motifs is 1. The zero-order valence-corrected chi connectivity index (χ0v) is 14.2. The molecular formula is C18H27NO4. The Balaban J connectivity index is 1.76. The van der Waals surface area contributed by atoms with Gasteiger partial charge in [0.15, 0.2) is 11.5 Å². The fraction of sp³-hybridized carbons (Fsp3) is 0.611. The highest BCUT2D eigenvalue weighted by Gasteiger charge is 2.19. The number of carboxylic acid groups (broad SMARTS) is 1. The lowest BCUT2D eigenvalue weighted by Gasteiger charge is -2.19. The van der Waals surface area contributed by atoms with Crippen molar-refractivity contribution in [2.75, 3.05) is 13.3 Å². The van der Waals surface area contributed by atoms with Crippen LogP contribution in [0.25, 0.3) is 0 Å². The number of rotatable bonds is 9. The van der Waals surface area contributed by atoms with Crippen LogP contribution in [0.2, 0.25) is 0 Å². The first kappa shape index (κ1) is 17.6. The van der Waals surface area contributed by atoms with Crippen molar-refractivity contribution in [3.05, 3.63) is 23.8 Å². The van der Waals surface area contributed by atoms with Crippen LogP contribution < -0.4 is 14.8 Å². The van der Waals surface area contributed by atoms with E-state index in [2.05, 4.69) is 32.2 Å². The summed E-state index contributed by atoms with van der Waals surface area (Å²) in [5.41, 5.74) is 1.21. The standard InChI is InChI=1S/C18H27NO4/c1-12(2)8-15(18(20)21)10-19-13(3)4-5-14-6-7-16-17(9-14)23-11-22-16/h6-7,9,12-13,15,19H,4-5,8,10-11H2,1-3H3,(H,20,21). The van der Waals surface area contributed by atoms with E-state index in [1.165, 1.54) is 5.56 Å². The summed E-state index contributed by atoms with van der Waals surface area (Å²) < 4.78 is 10.7. The minimum absolute atomic E-state index is 0.273. The fourth-order valence-corrected chi connectivity index (χ4v) is 2.77. The highest BCUT2D eigenvalue weighted by molar-refractivity contribution is 5.70. The van der Waals surface area contributed by atoms with Crippen LogP contribution in [-0.2, 0) is 11.2 Å². The van der Waals surface area contributed by atoms with E-state index < -0.39 is 5.97 Å². The minimum atomic E-state index is -0.714. The molecule has 1 heterocycles. The van der Waals surface area contributed by atoms with Gasteiger partial charge < -0.3 is 19.9 Å². The summed E-state index contributed by atoms with van der Waals surface area (Å²) in [6.45, 7) is 7.03. The van der Waals surface area contributed by atoms with Crippen LogP contribution in [0.5, 0.6) is 11.5 Å². The maximum atomic E-state index is 11.3. The van der Waals surface area contributed by atoms with E-state index in [9.17, 15) is 9.90 Å².